The summed E-state index contributed by atoms with van der Waals surface area (Å²) in [5.41, 5.74) is 0.352. The molecule has 0 aromatic heterocycles. The second-order valence-electron chi connectivity index (χ2n) is 5.50. The van der Waals surface area contributed by atoms with Crippen LogP contribution in [0.1, 0.15) is 37.6 Å². The van der Waals surface area contributed by atoms with Crippen LogP contribution in [0.5, 0.6) is 0 Å². The number of hydrogen-bond donors (Lipinski definition) is 2. The molecule has 1 unspecified atom stereocenters. The summed E-state index contributed by atoms with van der Waals surface area (Å²) in [5.74, 6) is 0.137. The fourth-order valence-electron chi connectivity index (χ4n) is 2.51. The van der Waals surface area contributed by atoms with Crippen molar-refractivity contribution >= 4 is 17.3 Å². The van der Waals surface area contributed by atoms with Crippen LogP contribution in [0, 0.1) is 16.0 Å². The van der Waals surface area contributed by atoms with Crippen LogP contribution < -0.4 is 10.6 Å². The van der Waals surface area contributed by atoms with Gasteiger partial charge in [0.1, 0.15) is 5.66 Å². The van der Waals surface area contributed by atoms with Crippen molar-refractivity contribution in [3.8, 4) is 0 Å². The molecule has 1 aromatic rings. The third-order valence-corrected chi connectivity index (χ3v) is 3.08. The Hall–Kier alpha value is -2.11. The topological polar surface area (TPSA) is 84.3 Å². The molecule has 0 bridgehead atoms. The molecule has 0 saturated heterocycles. The number of carbonyl (C=O) groups excluding carboxylic acids is 1. The highest BCUT2D eigenvalue weighted by molar-refractivity contribution is 6.02. The molecule has 0 radical (unpaired) electrons. The monoisotopic (exact) mass is 263 g/mol. The van der Waals surface area contributed by atoms with E-state index >= 15 is 0 Å². The summed E-state index contributed by atoms with van der Waals surface area (Å²) < 4.78 is 0. The Kier molecular flexibility index (Phi) is 3.18. The summed E-state index contributed by atoms with van der Waals surface area (Å²) in [5, 5.41) is 16.8. The van der Waals surface area contributed by atoms with E-state index in [1.165, 1.54) is 12.1 Å². The third kappa shape index (κ3) is 2.67. The second-order valence-corrected chi connectivity index (χ2v) is 5.50. The highest BCUT2D eigenvalue weighted by Gasteiger charge is 2.34. The van der Waals surface area contributed by atoms with E-state index in [0.717, 1.165) is 6.42 Å². The number of nitro benzene ring substituents is 1. The predicted molar refractivity (Wildman–Crippen MR) is 72.0 cm³/mol. The first-order chi connectivity index (χ1) is 8.81. The Labute approximate surface area is 111 Å². The van der Waals surface area contributed by atoms with E-state index in [-0.39, 0.29) is 11.6 Å². The first-order valence-electron chi connectivity index (χ1n) is 6.20. The lowest BCUT2D eigenvalue weighted by Gasteiger charge is -2.38. The van der Waals surface area contributed by atoms with Gasteiger partial charge in [-0.25, -0.2) is 0 Å². The lowest BCUT2D eigenvalue weighted by Crippen LogP contribution is -2.56. The van der Waals surface area contributed by atoms with Crippen molar-refractivity contribution < 1.29 is 9.72 Å². The van der Waals surface area contributed by atoms with Gasteiger partial charge in [-0.1, -0.05) is 13.8 Å². The Morgan fingerprint density at radius 1 is 1.37 bits per heavy atom. The average molecular weight is 263 g/mol. The van der Waals surface area contributed by atoms with Crippen molar-refractivity contribution in [1.82, 2.24) is 5.32 Å². The van der Waals surface area contributed by atoms with Gasteiger partial charge in [0.25, 0.3) is 11.6 Å². The van der Waals surface area contributed by atoms with E-state index in [4.69, 9.17) is 0 Å². The minimum Gasteiger partial charge on any atom is -0.362 e. The maximum absolute atomic E-state index is 12.1. The van der Waals surface area contributed by atoms with Crippen molar-refractivity contribution in [2.24, 2.45) is 5.92 Å². The zero-order valence-electron chi connectivity index (χ0n) is 11.2. The van der Waals surface area contributed by atoms with Gasteiger partial charge >= 0.3 is 0 Å². The minimum absolute atomic E-state index is 0.0804. The first-order valence-corrected chi connectivity index (χ1v) is 6.20. The lowest BCUT2D eigenvalue weighted by molar-refractivity contribution is -0.384. The number of amides is 1. The molecule has 102 valence electrons. The maximum Gasteiger partial charge on any atom is 0.270 e. The Morgan fingerprint density at radius 3 is 2.63 bits per heavy atom. The molecular formula is C13H17N3O3. The molecule has 0 fully saturated rings. The number of anilines is 1. The van der Waals surface area contributed by atoms with E-state index in [0.29, 0.717) is 17.2 Å². The van der Waals surface area contributed by atoms with E-state index < -0.39 is 10.6 Å². The number of nitrogens with one attached hydrogen (secondary N) is 2. The molecular weight excluding hydrogens is 246 g/mol. The van der Waals surface area contributed by atoms with E-state index in [9.17, 15) is 14.9 Å². The molecule has 0 spiro atoms. The van der Waals surface area contributed by atoms with Crippen LogP contribution in [-0.4, -0.2) is 16.5 Å². The standard InChI is InChI=1S/C13H17N3O3/c1-8(2)7-13(3)14-11-5-4-9(16(18)19)6-10(11)12(17)15-13/h4-6,8,14H,7H2,1-3H3,(H,15,17). The summed E-state index contributed by atoms with van der Waals surface area (Å²) in [4.78, 5) is 22.3. The zero-order valence-corrected chi connectivity index (χ0v) is 11.2. The molecule has 6 nitrogen and oxygen atoms in total. The summed E-state index contributed by atoms with van der Waals surface area (Å²) in [7, 11) is 0. The van der Waals surface area contributed by atoms with Crippen molar-refractivity contribution in [2.75, 3.05) is 5.32 Å². The fourth-order valence-corrected chi connectivity index (χ4v) is 2.51. The first kappa shape index (κ1) is 13.3. The van der Waals surface area contributed by atoms with Gasteiger partial charge in [0.15, 0.2) is 0 Å². The normalized spacial score (nSPS) is 21.6. The largest absolute Gasteiger partial charge is 0.362 e. The van der Waals surface area contributed by atoms with Crippen LogP contribution in [0.4, 0.5) is 11.4 Å². The van der Waals surface area contributed by atoms with Crippen LogP contribution >= 0.6 is 0 Å². The zero-order chi connectivity index (χ0) is 14.2. The number of non-ortho nitro benzene ring substituents is 1. The second kappa shape index (κ2) is 4.53. The molecule has 1 aliphatic rings. The van der Waals surface area contributed by atoms with Crippen molar-refractivity contribution in [3.05, 3.63) is 33.9 Å². The van der Waals surface area contributed by atoms with Crippen LogP contribution in [0.2, 0.25) is 0 Å². The number of hydrogen-bond acceptors (Lipinski definition) is 4. The van der Waals surface area contributed by atoms with Gasteiger partial charge in [-0.05, 0) is 25.3 Å². The van der Waals surface area contributed by atoms with Gasteiger partial charge in [0.2, 0.25) is 0 Å². The molecule has 1 aromatic carbocycles. The van der Waals surface area contributed by atoms with Gasteiger partial charge in [-0.3, -0.25) is 14.9 Å². The van der Waals surface area contributed by atoms with Gasteiger partial charge in [-0.15, -0.1) is 0 Å². The van der Waals surface area contributed by atoms with Gasteiger partial charge in [0, 0.05) is 17.8 Å². The smallest absolute Gasteiger partial charge is 0.270 e. The molecule has 1 amide bonds. The Balaban J connectivity index is 2.36. The third-order valence-electron chi connectivity index (χ3n) is 3.08. The number of nitrogens with zero attached hydrogens (tertiary/aromatic N) is 1. The average Bonchev–Trinajstić information content (AvgIpc) is 2.26. The molecule has 19 heavy (non-hydrogen) atoms. The van der Waals surface area contributed by atoms with Crippen molar-refractivity contribution in [2.45, 2.75) is 32.9 Å². The van der Waals surface area contributed by atoms with E-state index in [1.54, 1.807) is 6.07 Å². The highest BCUT2D eigenvalue weighted by Crippen LogP contribution is 2.30. The molecule has 2 N–H and O–H groups in total. The molecule has 1 atom stereocenters. The molecule has 0 saturated carbocycles. The number of rotatable bonds is 3. The minimum atomic E-state index is -0.519. The molecule has 0 aliphatic carbocycles. The van der Waals surface area contributed by atoms with Crippen LogP contribution in [0.3, 0.4) is 0 Å². The van der Waals surface area contributed by atoms with E-state index in [2.05, 4.69) is 24.5 Å². The highest BCUT2D eigenvalue weighted by atomic mass is 16.6. The number of fused-ring (bicyclic) bond motifs is 1. The van der Waals surface area contributed by atoms with Crippen molar-refractivity contribution in [1.29, 1.82) is 0 Å². The maximum atomic E-state index is 12.1. The fraction of sp³-hybridized carbons (Fsp3) is 0.462. The van der Waals surface area contributed by atoms with Gasteiger partial charge in [-0.2, -0.15) is 0 Å². The Bertz CT molecular complexity index is 542. The van der Waals surface area contributed by atoms with Gasteiger partial charge in [0.05, 0.1) is 10.5 Å². The lowest BCUT2D eigenvalue weighted by atomic mass is 9.94. The SMILES string of the molecule is CC(C)CC1(C)NC(=O)c2cc([N+](=O)[O-])ccc2N1. The molecule has 1 aliphatic heterocycles. The quantitative estimate of drug-likeness (QED) is 0.648. The number of carbonyl (C=O) groups is 1. The van der Waals surface area contributed by atoms with Crippen LogP contribution in [-0.2, 0) is 0 Å². The molecule has 6 heteroatoms. The summed E-state index contributed by atoms with van der Waals surface area (Å²) in [6.45, 7) is 6.06. The summed E-state index contributed by atoms with van der Waals surface area (Å²) in [6, 6.07) is 4.29. The molecule has 2 rings (SSSR count). The summed E-state index contributed by atoms with van der Waals surface area (Å²) in [6.07, 6.45) is 0.773. The van der Waals surface area contributed by atoms with Crippen LogP contribution in [0.15, 0.2) is 18.2 Å². The predicted octanol–water partition coefficient (Wildman–Crippen LogP) is 2.51. The number of benzene rings is 1. The number of nitro groups is 1. The molecule has 1 heterocycles. The Morgan fingerprint density at radius 2 is 2.05 bits per heavy atom. The van der Waals surface area contributed by atoms with Crippen LogP contribution in [0.25, 0.3) is 0 Å². The van der Waals surface area contributed by atoms with Gasteiger partial charge < -0.3 is 10.6 Å². The van der Waals surface area contributed by atoms with E-state index in [1.807, 2.05) is 6.92 Å². The van der Waals surface area contributed by atoms with Crippen molar-refractivity contribution in [3.63, 3.8) is 0 Å². The summed E-state index contributed by atoms with van der Waals surface area (Å²) >= 11 is 0.